The number of fused-ring (bicyclic) bond motifs is 1. The molecule has 0 aliphatic carbocycles. The largest absolute Gasteiger partial charge is 0.497 e. The highest BCUT2D eigenvalue weighted by molar-refractivity contribution is 7.22. The zero-order chi connectivity index (χ0) is 21.1. The number of aromatic nitrogens is 1. The molecule has 0 spiro atoms. The van der Waals surface area contributed by atoms with Crippen LogP contribution in [0.25, 0.3) is 10.2 Å². The fourth-order valence-electron chi connectivity index (χ4n) is 3.22. The molecule has 1 fully saturated rings. The smallest absolute Gasteiger partial charge is 0.325 e. The Morgan fingerprint density at radius 1 is 1.20 bits per heavy atom. The second kappa shape index (κ2) is 8.50. The summed E-state index contributed by atoms with van der Waals surface area (Å²) >= 11 is 1.39. The number of carbonyl (C=O) groups is 3. The molecule has 1 aliphatic heterocycles. The molecule has 154 valence electrons. The van der Waals surface area contributed by atoms with E-state index in [1.54, 1.807) is 31.4 Å². The van der Waals surface area contributed by atoms with E-state index < -0.39 is 12.1 Å². The number of thiazole rings is 1. The summed E-state index contributed by atoms with van der Waals surface area (Å²) in [5, 5.41) is 5.94. The summed E-state index contributed by atoms with van der Waals surface area (Å²) in [7, 11) is 1.57. The Morgan fingerprint density at radius 2 is 1.97 bits per heavy atom. The van der Waals surface area contributed by atoms with Gasteiger partial charge in [-0.3, -0.25) is 14.5 Å². The molecule has 8 nitrogen and oxygen atoms in total. The van der Waals surface area contributed by atoms with Gasteiger partial charge in [0.05, 0.1) is 23.9 Å². The number of nitrogens with one attached hydrogen (secondary N) is 2. The van der Waals surface area contributed by atoms with Crippen molar-refractivity contribution in [1.82, 2.24) is 15.2 Å². The van der Waals surface area contributed by atoms with Gasteiger partial charge in [-0.25, -0.2) is 9.78 Å². The van der Waals surface area contributed by atoms with Gasteiger partial charge in [-0.15, -0.1) is 0 Å². The molecular formula is C21H20N4O4S. The minimum Gasteiger partial charge on any atom is -0.497 e. The lowest BCUT2D eigenvalue weighted by atomic mass is 10.1. The third-order valence-corrected chi connectivity index (χ3v) is 5.76. The monoisotopic (exact) mass is 424 g/mol. The molecule has 4 rings (SSSR count). The van der Waals surface area contributed by atoms with Gasteiger partial charge in [-0.05, 0) is 36.2 Å². The number of rotatable bonds is 7. The van der Waals surface area contributed by atoms with Crippen molar-refractivity contribution < 1.29 is 19.1 Å². The summed E-state index contributed by atoms with van der Waals surface area (Å²) in [6.07, 6.45) is 0.323. The molecule has 0 saturated carbocycles. The number of hydrogen-bond acceptors (Lipinski definition) is 6. The normalized spacial score (nSPS) is 16.0. The summed E-state index contributed by atoms with van der Waals surface area (Å²) in [4.78, 5) is 42.6. The van der Waals surface area contributed by atoms with Gasteiger partial charge in [-0.1, -0.05) is 35.6 Å². The van der Waals surface area contributed by atoms with Crippen molar-refractivity contribution in [3.8, 4) is 5.75 Å². The highest BCUT2D eigenvalue weighted by Gasteiger charge is 2.37. The van der Waals surface area contributed by atoms with Crippen LogP contribution in [0.15, 0.2) is 48.5 Å². The van der Waals surface area contributed by atoms with Crippen LogP contribution in [-0.4, -0.2) is 40.9 Å². The van der Waals surface area contributed by atoms with E-state index in [9.17, 15) is 14.4 Å². The SMILES string of the molecule is COc1ccc(CN2C(=O)N[C@@H](CCC(=O)Nc3nc4ccccc4s3)C2=O)cc1. The van der Waals surface area contributed by atoms with Gasteiger partial charge in [0, 0.05) is 6.42 Å². The molecule has 0 unspecified atom stereocenters. The molecule has 9 heteroatoms. The van der Waals surface area contributed by atoms with E-state index in [0.717, 1.165) is 20.7 Å². The molecule has 30 heavy (non-hydrogen) atoms. The summed E-state index contributed by atoms with van der Waals surface area (Å²) < 4.78 is 6.10. The minimum atomic E-state index is -0.711. The van der Waals surface area contributed by atoms with Crippen LogP contribution >= 0.6 is 11.3 Å². The van der Waals surface area contributed by atoms with E-state index in [2.05, 4.69) is 15.6 Å². The molecule has 1 aromatic heterocycles. The lowest BCUT2D eigenvalue weighted by Gasteiger charge is -2.13. The maximum Gasteiger partial charge on any atom is 0.325 e. The lowest BCUT2D eigenvalue weighted by molar-refractivity contribution is -0.128. The van der Waals surface area contributed by atoms with Crippen LogP contribution in [0.3, 0.4) is 0 Å². The van der Waals surface area contributed by atoms with E-state index in [1.807, 2.05) is 24.3 Å². The zero-order valence-corrected chi connectivity index (χ0v) is 17.1. The first-order valence-electron chi connectivity index (χ1n) is 9.44. The van der Waals surface area contributed by atoms with Crippen molar-refractivity contribution in [2.24, 2.45) is 0 Å². The highest BCUT2D eigenvalue weighted by Crippen LogP contribution is 2.25. The molecule has 2 aromatic carbocycles. The zero-order valence-electron chi connectivity index (χ0n) is 16.3. The van der Waals surface area contributed by atoms with E-state index in [1.165, 1.54) is 11.3 Å². The third-order valence-electron chi connectivity index (χ3n) is 4.81. The first-order chi connectivity index (χ1) is 14.5. The summed E-state index contributed by atoms with van der Waals surface area (Å²) in [6, 6.07) is 13.6. The van der Waals surface area contributed by atoms with Crippen molar-refractivity contribution in [1.29, 1.82) is 0 Å². The predicted molar refractivity (Wildman–Crippen MR) is 113 cm³/mol. The van der Waals surface area contributed by atoms with E-state index in [0.29, 0.717) is 10.9 Å². The quantitative estimate of drug-likeness (QED) is 0.568. The fraction of sp³-hybridized carbons (Fsp3) is 0.238. The predicted octanol–water partition coefficient (Wildman–Crippen LogP) is 3.14. The van der Waals surface area contributed by atoms with Gasteiger partial charge in [-0.2, -0.15) is 0 Å². The summed E-state index contributed by atoms with van der Waals surface area (Å²) in [5.41, 5.74) is 1.64. The fourth-order valence-corrected chi connectivity index (χ4v) is 4.10. The van der Waals surface area contributed by atoms with Crippen LogP contribution in [0.5, 0.6) is 5.75 Å². The number of imide groups is 1. The third kappa shape index (κ3) is 4.25. The molecule has 1 saturated heterocycles. The number of hydrogen-bond donors (Lipinski definition) is 2. The van der Waals surface area contributed by atoms with Crippen molar-refractivity contribution in [2.75, 3.05) is 12.4 Å². The number of benzene rings is 2. The van der Waals surface area contributed by atoms with Gasteiger partial charge in [0.2, 0.25) is 5.91 Å². The Balaban J connectivity index is 1.31. The molecule has 1 atom stereocenters. The average molecular weight is 424 g/mol. The second-order valence-corrected chi connectivity index (χ2v) is 7.88. The van der Waals surface area contributed by atoms with Gasteiger partial charge < -0.3 is 15.4 Å². The molecule has 4 amide bonds. The number of anilines is 1. The van der Waals surface area contributed by atoms with Gasteiger partial charge in [0.25, 0.3) is 5.91 Å². The molecule has 0 radical (unpaired) electrons. The van der Waals surface area contributed by atoms with Crippen LogP contribution < -0.4 is 15.4 Å². The molecule has 3 aromatic rings. The summed E-state index contributed by atoms with van der Waals surface area (Å²) in [5.74, 6) is 0.126. The number of ether oxygens (including phenoxy) is 1. The Morgan fingerprint density at radius 3 is 2.70 bits per heavy atom. The Kier molecular flexibility index (Phi) is 5.62. The van der Waals surface area contributed by atoms with Crippen LogP contribution in [0.2, 0.25) is 0 Å². The van der Waals surface area contributed by atoms with E-state index in [-0.39, 0.29) is 31.2 Å². The van der Waals surface area contributed by atoms with Crippen LogP contribution in [0.4, 0.5) is 9.93 Å². The van der Waals surface area contributed by atoms with E-state index in [4.69, 9.17) is 4.74 Å². The maximum atomic E-state index is 12.6. The number of para-hydroxylation sites is 1. The lowest BCUT2D eigenvalue weighted by Crippen LogP contribution is -2.31. The first-order valence-corrected chi connectivity index (χ1v) is 10.3. The van der Waals surface area contributed by atoms with Gasteiger partial charge in [0.1, 0.15) is 11.8 Å². The first kappa shape index (κ1) is 19.8. The van der Waals surface area contributed by atoms with Gasteiger partial charge in [0.15, 0.2) is 5.13 Å². The standard InChI is InChI=1S/C21H20N4O4S/c1-29-14-8-6-13(7-9-14)12-25-19(27)16(23-21(25)28)10-11-18(26)24-20-22-15-4-2-3-5-17(15)30-20/h2-9,16H,10-12H2,1H3,(H,23,28)(H,22,24,26)/t16-/m0/s1. The Bertz CT molecular complexity index is 1060. The molecule has 2 N–H and O–H groups in total. The van der Waals surface area contributed by atoms with Crippen LogP contribution in [0, 0.1) is 0 Å². The number of methoxy groups -OCH3 is 1. The maximum absolute atomic E-state index is 12.6. The second-order valence-electron chi connectivity index (χ2n) is 6.85. The number of nitrogens with zero attached hydrogens (tertiary/aromatic N) is 2. The van der Waals surface area contributed by atoms with Crippen molar-refractivity contribution in [3.63, 3.8) is 0 Å². The van der Waals surface area contributed by atoms with Crippen LogP contribution in [0.1, 0.15) is 18.4 Å². The summed E-state index contributed by atoms with van der Waals surface area (Å²) in [6.45, 7) is 0.170. The number of urea groups is 1. The van der Waals surface area contributed by atoms with Crippen molar-refractivity contribution in [2.45, 2.75) is 25.4 Å². The average Bonchev–Trinajstić information content (AvgIpc) is 3.27. The van der Waals surface area contributed by atoms with E-state index >= 15 is 0 Å². The minimum absolute atomic E-state index is 0.100. The van der Waals surface area contributed by atoms with Crippen LogP contribution in [-0.2, 0) is 16.1 Å². The topological polar surface area (TPSA) is 101 Å². The number of amides is 4. The number of carbonyl (C=O) groups excluding carboxylic acids is 3. The molecule has 1 aliphatic rings. The molecule has 2 heterocycles. The highest BCUT2D eigenvalue weighted by atomic mass is 32.1. The Hall–Kier alpha value is -3.46. The molecule has 0 bridgehead atoms. The van der Waals surface area contributed by atoms with Crippen molar-refractivity contribution in [3.05, 3.63) is 54.1 Å². The van der Waals surface area contributed by atoms with Crippen molar-refractivity contribution >= 4 is 44.5 Å². The Labute approximate surface area is 176 Å². The molecular weight excluding hydrogens is 404 g/mol. The van der Waals surface area contributed by atoms with Gasteiger partial charge >= 0.3 is 6.03 Å².